The molecule has 2 aromatic heterocycles. The SMILES string of the molecule is Cc1c[n+](C)c(-c2c(C)cc(C#N)c3c2oc2c(-c4ccccc4)c(C)ccc23)cc1C(C)C. The van der Waals surface area contributed by atoms with Gasteiger partial charge in [0.05, 0.1) is 17.2 Å². The van der Waals surface area contributed by atoms with E-state index < -0.39 is 0 Å². The van der Waals surface area contributed by atoms with Crippen LogP contribution < -0.4 is 4.57 Å². The van der Waals surface area contributed by atoms with E-state index in [1.807, 2.05) is 24.3 Å². The lowest BCUT2D eigenvalue weighted by Gasteiger charge is -2.12. The molecule has 3 aromatic carbocycles. The minimum atomic E-state index is 0.414. The quantitative estimate of drug-likeness (QED) is 0.267. The summed E-state index contributed by atoms with van der Waals surface area (Å²) in [5.74, 6) is 0.414. The first-order valence-electron chi connectivity index (χ1n) is 11.8. The molecule has 0 saturated heterocycles. The number of rotatable bonds is 3. The molecular formula is C31H29N2O+. The normalized spacial score (nSPS) is 11.5. The minimum absolute atomic E-state index is 0.414. The summed E-state index contributed by atoms with van der Waals surface area (Å²) in [6, 6.07) is 21.3. The summed E-state index contributed by atoms with van der Waals surface area (Å²) in [4.78, 5) is 0. The standard InChI is InChI=1S/C31H29N2O/c1-18(2)25-15-26(33(6)17-21(25)5)28-20(4)14-23(16-32)29-24-13-12-19(3)27(30(24)34-31(28)29)22-10-8-7-9-11-22/h7-15,17-18H,1-6H3/q+1. The Balaban J connectivity index is 1.95. The first-order chi connectivity index (χ1) is 16.3. The first kappa shape index (κ1) is 21.9. The molecule has 0 bridgehead atoms. The van der Waals surface area contributed by atoms with Gasteiger partial charge in [0.25, 0.3) is 0 Å². The number of hydrogen-bond donors (Lipinski definition) is 0. The number of furan rings is 1. The third-order valence-corrected chi connectivity index (χ3v) is 6.89. The van der Waals surface area contributed by atoms with Gasteiger partial charge in [-0.1, -0.05) is 56.3 Å². The Bertz CT molecular complexity index is 1620. The van der Waals surface area contributed by atoms with E-state index in [0.717, 1.165) is 55.4 Å². The van der Waals surface area contributed by atoms with Crippen LogP contribution in [0.25, 0.3) is 44.3 Å². The van der Waals surface area contributed by atoms with Crippen molar-refractivity contribution in [3.8, 4) is 28.5 Å². The van der Waals surface area contributed by atoms with Gasteiger partial charge in [-0.15, -0.1) is 0 Å². The van der Waals surface area contributed by atoms with Crippen molar-refractivity contribution in [2.24, 2.45) is 7.05 Å². The second-order valence-electron chi connectivity index (χ2n) is 9.60. The van der Waals surface area contributed by atoms with Gasteiger partial charge in [0.1, 0.15) is 12.6 Å². The summed E-state index contributed by atoms with van der Waals surface area (Å²) in [5.41, 5.74) is 11.4. The highest BCUT2D eigenvalue weighted by Gasteiger charge is 2.26. The zero-order valence-electron chi connectivity index (χ0n) is 20.7. The third-order valence-electron chi connectivity index (χ3n) is 6.89. The highest BCUT2D eigenvalue weighted by Crippen LogP contribution is 2.43. The molecular weight excluding hydrogens is 416 g/mol. The smallest absolute Gasteiger partial charge is 0.216 e. The second-order valence-corrected chi connectivity index (χ2v) is 9.60. The first-order valence-corrected chi connectivity index (χ1v) is 11.8. The van der Waals surface area contributed by atoms with Crippen molar-refractivity contribution in [1.82, 2.24) is 0 Å². The summed E-state index contributed by atoms with van der Waals surface area (Å²) >= 11 is 0. The van der Waals surface area contributed by atoms with Gasteiger partial charge in [-0.05, 0) is 55.0 Å². The number of hydrogen-bond acceptors (Lipinski definition) is 2. The molecule has 0 N–H and O–H groups in total. The number of pyridine rings is 1. The summed E-state index contributed by atoms with van der Waals surface area (Å²) in [7, 11) is 2.08. The molecule has 5 aromatic rings. The molecule has 0 unspecified atom stereocenters. The molecule has 0 saturated carbocycles. The molecule has 5 rings (SSSR count). The van der Waals surface area contributed by atoms with Crippen LogP contribution in [0.4, 0.5) is 0 Å². The van der Waals surface area contributed by atoms with Crippen LogP contribution in [0.3, 0.4) is 0 Å². The van der Waals surface area contributed by atoms with Crippen LogP contribution in [0.15, 0.2) is 65.2 Å². The maximum atomic E-state index is 10.1. The van der Waals surface area contributed by atoms with Gasteiger partial charge in [-0.25, -0.2) is 4.57 Å². The molecule has 3 nitrogen and oxygen atoms in total. The van der Waals surface area contributed by atoms with Crippen molar-refractivity contribution in [3.05, 3.63) is 88.6 Å². The zero-order valence-corrected chi connectivity index (χ0v) is 20.7. The van der Waals surface area contributed by atoms with Crippen LogP contribution in [0, 0.1) is 32.1 Å². The van der Waals surface area contributed by atoms with Gasteiger partial charge in [0.15, 0.2) is 11.8 Å². The molecule has 0 aliphatic heterocycles. The Kier molecular flexibility index (Phi) is 5.25. The van der Waals surface area contributed by atoms with Crippen LogP contribution in [0.2, 0.25) is 0 Å². The van der Waals surface area contributed by atoms with Gasteiger partial charge in [0, 0.05) is 28.0 Å². The molecule has 2 heterocycles. The van der Waals surface area contributed by atoms with Crippen molar-refractivity contribution in [1.29, 1.82) is 5.26 Å². The van der Waals surface area contributed by atoms with Gasteiger partial charge >= 0.3 is 0 Å². The molecule has 0 aliphatic rings. The molecule has 0 aliphatic carbocycles. The Hall–Kier alpha value is -3.90. The van der Waals surface area contributed by atoms with Crippen molar-refractivity contribution in [2.75, 3.05) is 0 Å². The molecule has 168 valence electrons. The van der Waals surface area contributed by atoms with E-state index in [2.05, 4.69) is 88.8 Å². The minimum Gasteiger partial charge on any atom is -0.454 e. The molecule has 34 heavy (non-hydrogen) atoms. The molecule has 0 fully saturated rings. The number of benzene rings is 3. The monoisotopic (exact) mass is 445 g/mol. The Morgan fingerprint density at radius 3 is 2.26 bits per heavy atom. The van der Waals surface area contributed by atoms with Crippen LogP contribution in [-0.2, 0) is 7.05 Å². The van der Waals surface area contributed by atoms with E-state index >= 15 is 0 Å². The predicted octanol–water partition coefficient (Wildman–Crippen LogP) is 7.66. The lowest BCUT2D eigenvalue weighted by atomic mass is 9.92. The maximum Gasteiger partial charge on any atom is 0.216 e. The summed E-state index contributed by atoms with van der Waals surface area (Å²) in [5, 5.41) is 11.9. The highest BCUT2D eigenvalue weighted by atomic mass is 16.3. The highest BCUT2D eigenvalue weighted by molar-refractivity contribution is 6.15. The van der Waals surface area contributed by atoms with Gasteiger partial charge in [-0.2, -0.15) is 5.26 Å². The number of fused-ring (bicyclic) bond motifs is 3. The summed E-state index contributed by atoms with van der Waals surface area (Å²) in [6.07, 6.45) is 2.19. The fourth-order valence-electron chi connectivity index (χ4n) is 5.28. The molecule has 0 spiro atoms. The molecule has 0 amide bonds. The van der Waals surface area contributed by atoms with Gasteiger partial charge in [-0.3, -0.25) is 0 Å². The fraction of sp³-hybridized carbons (Fsp3) is 0.226. The van der Waals surface area contributed by atoms with Gasteiger partial charge < -0.3 is 4.42 Å². The Morgan fingerprint density at radius 2 is 1.59 bits per heavy atom. The number of aromatic nitrogens is 1. The molecule has 3 heteroatoms. The van der Waals surface area contributed by atoms with Crippen molar-refractivity contribution in [3.63, 3.8) is 0 Å². The topological polar surface area (TPSA) is 40.8 Å². The summed E-state index contributed by atoms with van der Waals surface area (Å²) < 4.78 is 8.92. The van der Waals surface area contributed by atoms with Crippen molar-refractivity contribution in [2.45, 2.75) is 40.5 Å². The lowest BCUT2D eigenvalue weighted by Crippen LogP contribution is -2.32. The molecule has 0 radical (unpaired) electrons. The third kappa shape index (κ3) is 3.30. The average Bonchev–Trinajstić information content (AvgIpc) is 3.18. The Morgan fingerprint density at radius 1 is 0.853 bits per heavy atom. The number of aryl methyl sites for hydroxylation is 4. The van der Waals surface area contributed by atoms with E-state index in [0.29, 0.717) is 11.5 Å². The average molecular weight is 446 g/mol. The Labute approximate surface area is 200 Å². The van der Waals surface area contributed by atoms with Crippen LogP contribution in [0.1, 0.15) is 47.6 Å². The van der Waals surface area contributed by atoms with Crippen LogP contribution >= 0.6 is 0 Å². The lowest BCUT2D eigenvalue weighted by molar-refractivity contribution is -0.660. The summed E-state index contributed by atoms with van der Waals surface area (Å²) in [6.45, 7) is 10.8. The predicted molar refractivity (Wildman–Crippen MR) is 139 cm³/mol. The van der Waals surface area contributed by atoms with Crippen LogP contribution in [0.5, 0.6) is 0 Å². The van der Waals surface area contributed by atoms with Crippen LogP contribution in [-0.4, -0.2) is 0 Å². The van der Waals surface area contributed by atoms with E-state index in [1.54, 1.807) is 0 Å². The maximum absolute atomic E-state index is 10.1. The largest absolute Gasteiger partial charge is 0.454 e. The molecule has 0 atom stereocenters. The fourth-order valence-corrected chi connectivity index (χ4v) is 5.28. The van der Waals surface area contributed by atoms with E-state index in [4.69, 9.17) is 4.42 Å². The number of nitrogens with zero attached hydrogens (tertiary/aromatic N) is 2. The van der Waals surface area contributed by atoms with E-state index in [-0.39, 0.29) is 0 Å². The van der Waals surface area contributed by atoms with E-state index in [1.165, 1.54) is 11.1 Å². The number of nitriles is 1. The van der Waals surface area contributed by atoms with Gasteiger partial charge in [0.2, 0.25) is 5.69 Å². The van der Waals surface area contributed by atoms with Crippen molar-refractivity contribution >= 4 is 21.9 Å². The van der Waals surface area contributed by atoms with E-state index in [9.17, 15) is 5.26 Å². The van der Waals surface area contributed by atoms with Crippen molar-refractivity contribution < 1.29 is 8.98 Å². The zero-order chi connectivity index (χ0) is 24.1. The second kappa shape index (κ2) is 8.15.